The molecule has 0 spiro atoms. The minimum Gasteiger partial charge on any atom is -0.375 e. The van der Waals surface area contributed by atoms with Crippen LogP contribution in [0.5, 0.6) is 0 Å². The number of carbonyl (C=O) groups is 3. The van der Waals surface area contributed by atoms with Crippen molar-refractivity contribution in [1.82, 2.24) is 10.2 Å². The van der Waals surface area contributed by atoms with E-state index in [1.807, 2.05) is 27.7 Å². The predicted molar refractivity (Wildman–Crippen MR) is 119 cm³/mol. The number of ether oxygens (including phenoxy) is 3. The molecule has 0 fully saturated rings. The van der Waals surface area contributed by atoms with Gasteiger partial charge in [-0.1, -0.05) is 12.2 Å². The molecule has 2 bridgehead atoms. The van der Waals surface area contributed by atoms with Crippen molar-refractivity contribution in [2.75, 3.05) is 26.3 Å². The standard InChI is InChI=1S/C24H31F3N2O6/c1-22(2,33-13-10-23(3,4)34-14-12-29-17(30)7-8-18(29)31)9-11-28-21(32)19-15-5-6-16(35-15)20(19)24(25,26)27/h5-8,15-16H,9-14H2,1-4H3,(H,28,32). The number of alkyl halides is 3. The zero-order valence-corrected chi connectivity index (χ0v) is 20.2. The van der Waals surface area contributed by atoms with Gasteiger partial charge in [0.05, 0.1) is 42.1 Å². The molecule has 1 N–H and O–H groups in total. The summed E-state index contributed by atoms with van der Waals surface area (Å²) in [5, 5.41) is 2.56. The number of fused-ring (bicyclic) bond motifs is 2. The van der Waals surface area contributed by atoms with Crippen LogP contribution in [0.25, 0.3) is 0 Å². The highest BCUT2D eigenvalue weighted by atomic mass is 19.4. The minimum absolute atomic E-state index is 0.132. The number of nitrogens with zero attached hydrogens (tertiary/aromatic N) is 1. The monoisotopic (exact) mass is 500 g/mol. The summed E-state index contributed by atoms with van der Waals surface area (Å²) < 4.78 is 57.0. The van der Waals surface area contributed by atoms with Crippen LogP contribution in [0, 0.1) is 0 Å². The van der Waals surface area contributed by atoms with Crippen LogP contribution in [0.1, 0.15) is 40.5 Å². The van der Waals surface area contributed by atoms with Gasteiger partial charge in [0, 0.05) is 18.7 Å². The van der Waals surface area contributed by atoms with Gasteiger partial charge in [-0.2, -0.15) is 13.2 Å². The number of carbonyl (C=O) groups excluding carboxylic acids is 3. The molecular weight excluding hydrogens is 469 g/mol. The first-order chi connectivity index (χ1) is 16.2. The molecule has 0 aromatic carbocycles. The van der Waals surface area contributed by atoms with E-state index in [9.17, 15) is 27.6 Å². The summed E-state index contributed by atoms with van der Waals surface area (Å²) >= 11 is 0. The maximum Gasteiger partial charge on any atom is 0.416 e. The molecule has 3 aliphatic rings. The van der Waals surface area contributed by atoms with E-state index in [1.54, 1.807) is 0 Å². The summed E-state index contributed by atoms with van der Waals surface area (Å²) in [7, 11) is 0. The van der Waals surface area contributed by atoms with Gasteiger partial charge in [0.2, 0.25) is 0 Å². The van der Waals surface area contributed by atoms with Crippen molar-refractivity contribution < 1.29 is 41.8 Å². The van der Waals surface area contributed by atoms with Crippen molar-refractivity contribution in [3.8, 4) is 0 Å². The Kier molecular flexibility index (Phi) is 7.93. The lowest BCUT2D eigenvalue weighted by Crippen LogP contribution is -2.38. The topological polar surface area (TPSA) is 94.2 Å². The summed E-state index contributed by atoms with van der Waals surface area (Å²) in [5.74, 6) is -1.50. The lowest BCUT2D eigenvalue weighted by molar-refractivity contribution is -0.139. The quantitative estimate of drug-likeness (QED) is 0.327. The SMILES string of the molecule is CC(C)(CCNC(=O)C1=C(C(F)(F)F)C2C=CC1O2)OCCC(C)(C)OCCN1C(=O)C=CC1=O. The lowest BCUT2D eigenvalue weighted by Gasteiger charge is -2.30. The highest BCUT2D eigenvalue weighted by molar-refractivity contribution is 6.12. The highest BCUT2D eigenvalue weighted by Gasteiger charge is 2.51. The number of imide groups is 1. The Morgan fingerprint density at radius 2 is 1.54 bits per heavy atom. The van der Waals surface area contributed by atoms with E-state index in [0.717, 1.165) is 4.90 Å². The maximum absolute atomic E-state index is 13.3. The largest absolute Gasteiger partial charge is 0.416 e. The molecule has 11 heteroatoms. The van der Waals surface area contributed by atoms with Crippen molar-refractivity contribution in [1.29, 1.82) is 0 Å². The molecule has 0 aromatic rings. The first kappa shape index (κ1) is 27.1. The second-order valence-electron chi connectivity index (χ2n) is 9.82. The van der Waals surface area contributed by atoms with Gasteiger partial charge in [0.15, 0.2) is 0 Å². The smallest absolute Gasteiger partial charge is 0.375 e. The lowest BCUT2D eigenvalue weighted by atomic mass is 9.95. The van der Waals surface area contributed by atoms with Crippen molar-refractivity contribution >= 4 is 17.7 Å². The van der Waals surface area contributed by atoms with Gasteiger partial charge in [-0.3, -0.25) is 19.3 Å². The van der Waals surface area contributed by atoms with E-state index in [4.69, 9.17) is 14.2 Å². The van der Waals surface area contributed by atoms with E-state index >= 15 is 0 Å². The number of hydrogen-bond acceptors (Lipinski definition) is 6. The molecule has 0 saturated heterocycles. The third-order valence-electron chi connectivity index (χ3n) is 6.08. The molecule has 35 heavy (non-hydrogen) atoms. The third-order valence-corrected chi connectivity index (χ3v) is 6.08. The first-order valence-electron chi connectivity index (χ1n) is 11.4. The summed E-state index contributed by atoms with van der Waals surface area (Å²) in [6.45, 7) is 8.21. The van der Waals surface area contributed by atoms with E-state index in [2.05, 4.69) is 5.32 Å². The van der Waals surface area contributed by atoms with Gasteiger partial charge < -0.3 is 19.5 Å². The first-order valence-corrected chi connectivity index (χ1v) is 11.4. The fraction of sp³-hybridized carbons (Fsp3) is 0.625. The van der Waals surface area contributed by atoms with E-state index in [0.29, 0.717) is 19.4 Å². The maximum atomic E-state index is 13.3. The number of amides is 3. The zero-order chi connectivity index (χ0) is 26.0. The van der Waals surface area contributed by atoms with Crippen LogP contribution in [0.2, 0.25) is 0 Å². The second-order valence-corrected chi connectivity index (χ2v) is 9.82. The van der Waals surface area contributed by atoms with Gasteiger partial charge in [-0.15, -0.1) is 0 Å². The van der Waals surface area contributed by atoms with E-state index in [1.165, 1.54) is 24.3 Å². The Morgan fingerprint density at radius 1 is 0.971 bits per heavy atom. The summed E-state index contributed by atoms with van der Waals surface area (Å²) in [6, 6.07) is 0. The molecule has 3 aliphatic heterocycles. The minimum atomic E-state index is -4.63. The number of hydrogen-bond donors (Lipinski definition) is 1. The molecule has 2 unspecified atom stereocenters. The van der Waals surface area contributed by atoms with Gasteiger partial charge >= 0.3 is 6.18 Å². The van der Waals surface area contributed by atoms with Gasteiger partial charge in [-0.25, -0.2) is 0 Å². The number of rotatable bonds is 12. The van der Waals surface area contributed by atoms with Gasteiger partial charge in [0.1, 0.15) is 12.2 Å². The van der Waals surface area contributed by atoms with Crippen LogP contribution in [0.4, 0.5) is 13.2 Å². The fourth-order valence-corrected chi connectivity index (χ4v) is 4.01. The molecule has 3 rings (SSSR count). The van der Waals surface area contributed by atoms with E-state index < -0.39 is 41.1 Å². The average molecular weight is 501 g/mol. The normalized spacial score (nSPS) is 22.2. The van der Waals surface area contributed by atoms with Gasteiger partial charge in [-0.05, 0) is 40.5 Å². The van der Waals surface area contributed by atoms with E-state index in [-0.39, 0.29) is 37.1 Å². The Morgan fingerprint density at radius 3 is 2.17 bits per heavy atom. The van der Waals surface area contributed by atoms with Crippen LogP contribution >= 0.6 is 0 Å². The molecule has 0 radical (unpaired) electrons. The molecular formula is C24H31F3N2O6. The molecule has 2 atom stereocenters. The van der Waals surface area contributed by atoms with Crippen LogP contribution in [-0.2, 0) is 28.6 Å². The third kappa shape index (κ3) is 6.80. The van der Waals surface area contributed by atoms with Crippen molar-refractivity contribution in [3.63, 3.8) is 0 Å². The molecule has 8 nitrogen and oxygen atoms in total. The number of halogens is 3. The van der Waals surface area contributed by atoms with Crippen LogP contribution in [0.3, 0.4) is 0 Å². The zero-order valence-electron chi connectivity index (χ0n) is 20.2. The average Bonchev–Trinajstić information content (AvgIpc) is 3.43. The molecule has 0 aliphatic carbocycles. The molecule has 0 aromatic heterocycles. The predicted octanol–water partition coefficient (Wildman–Crippen LogP) is 2.59. The van der Waals surface area contributed by atoms with Gasteiger partial charge in [0.25, 0.3) is 17.7 Å². The summed E-state index contributed by atoms with van der Waals surface area (Å²) in [5.41, 5.74) is -2.53. The Labute approximate surface area is 202 Å². The van der Waals surface area contributed by atoms with Crippen LogP contribution in [0.15, 0.2) is 35.5 Å². The Hall–Kier alpha value is -2.50. The summed E-state index contributed by atoms with van der Waals surface area (Å²) in [4.78, 5) is 36.7. The van der Waals surface area contributed by atoms with Crippen molar-refractivity contribution in [2.24, 2.45) is 0 Å². The molecule has 3 amide bonds. The second kappa shape index (κ2) is 10.2. The van der Waals surface area contributed by atoms with Crippen LogP contribution < -0.4 is 5.32 Å². The van der Waals surface area contributed by atoms with Crippen LogP contribution in [-0.4, -0.2) is 78.5 Å². The molecule has 3 heterocycles. The highest BCUT2D eigenvalue weighted by Crippen LogP contribution is 2.43. The fourth-order valence-electron chi connectivity index (χ4n) is 4.01. The summed E-state index contributed by atoms with van der Waals surface area (Å²) in [6.07, 6.45) is -0.701. The molecule has 194 valence electrons. The molecule has 0 saturated carbocycles. The van der Waals surface area contributed by atoms with Crippen molar-refractivity contribution in [2.45, 2.75) is 70.1 Å². The van der Waals surface area contributed by atoms with Crippen molar-refractivity contribution in [3.05, 3.63) is 35.5 Å². The number of nitrogens with one attached hydrogen (secondary N) is 1. The Bertz CT molecular complexity index is 933. The Balaban J connectivity index is 1.38.